The predicted octanol–water partition coefficient (Wildman–Crippen LogP) is 3.81. The van der Waals surface area contributed by atoms with E-state index < -0.39 is 0 Å². The monoisotopic (exact) mass is 309 g/mol. The molecule has 104 valence electrons. The summed E-state index contributed by atoms with van der Waals surface area (Å²) in [6.45, 7) is 3.66. The highest BCUT2D eigenvalue weighted by molar-refractivity contribution is 6.36. The molecule has 1 heterocycles. The van der Waals surface area contributed by atoms with Gasteiger partial charge in [-0.1, -0.05) is 43.1 Å². The molecule has 1 aromatic heterocycles. The molecule has 0 unspecified atom stereocenters. The molecule has 0 spiro atoms. The fraction of sp³-hybridized carbons (Fsp3) is 0.214. The van der Waals surface area contributed by atoms with Crippen LogP contribution in [0.2, 0.25) is 10.0 Å². The van der Waals surface area contributed by atoms with Gasteiger partial charge in [0, 0.05) is 16.0 Å². The zero-order chi connectivity index (χ0) is 14.7. The number of ketones is 1. The molecular weight excluding hydrogens is 297 g/mol. The minimum atomic E-state index is -0.156. The Bertz CT molecular complexity index is 648. The number of allylic oxidation sites excluding steroid dienone is 1. The van der Waals surface area contributed by atoms with Gasteiger partial charge in [0.25, 0.3) is 0 Å². The van der Waals surface area contributed by atoms with Gasteiger partial charge in [-0.25, -0.2) is 9.67 Å². The van der Waals surface area contributed by atoms with Crippen molar-refractivity contribution in [3.05, 3.63) is 46.5 Å². The maximum atomic E-state index is 12.3. The topological polar surface area (TPSA) is 47.8 Å². The molecule has 0 saturated heterocycles. The first-order valence-corrected chi connectivity index (χ1v) is 6.80. The standard InChI is InChI=1S/C14H13Cl2N3O/c1-9(2)14(20)13(19-8-17-7-18-19)5-10-3-4-11(15)6-12(10)16/h3-9H,1-2H3/b13-5+. The average molecular weight is 310 g/mol. The van der Waals surface area contributed by atoms with E-state index in [1.54, 1.807) is 24.3 Å². The molecule has 6 heteroatoms. The first-order chi connectivity index (χ1) is 9.49. The van der Waals surface area contributed by atoms with Crippen molar-refractivity contribution in [1.29, 1.82) is 0 Å². The van der Waals surface area contributed by atoms with Crippen LogP contribution in [0.5, 0.6) is 0 Å². The van der Waals surface area contributed by atoms with E-state index in [0.717, 1.165) is 0 Å². The third kappa shape index (κ3) is 3.26. The van der Waals surface area contributed by atoms with E-state index in [0.29, 0.717) is 21.3 Å². The van der Waals surface area contributed by atoms with Gasteiger partial charge in [-0.15, -0.1) is 0 Å². The molecule has 0 amide bonds. The minimum absolute atomic E-state index is 0.0403. The summed E-state index contributed by atoms with van der Waals surface area (Å²) in [4.78, 5) is 16.2. The summed E-state index contributed by atoms with van der Waals surface area (Å²) in [6, 6.07) is 5.11. The number of hydrogen-bond acceptors (Lipinski definition) is 3. The first kappa shape index (κ1) is 14.8. The van der Waals surface area contributed by atoms with Crippen molar-refractivity contribution in [2.75, 3.05) is 0 Å². The maximum absolute atomic E-state index is 12.3. The van der Waals surface area contributed by atoms with E-state index in [4.69, 9.17) is 23.2 Å². The number of benzene rings is 1. The molecule has 0 radical (unpaired) electrons. The van der Waals surface area contributed by atoms with Crippen LogP contribution in [0.15, 0.2) is 30.9 Å². The second-order valence-corrected chi connectivity index (χ2v) is 5.40. The second-order valence-electron chi connectivity index (χ2n) is 4.55. The molecule has 0 N–H and O–H groups in total. The van der Waals surface area contributed by atoms with Gasteiger partial charge in [-0.3, -0.25) is 4.79 Å². The van der Waals surface area contributed by atoms with Crippen LogP contribution in [0, 0.1) is 5.92 Å². The van der Waals surface area contributed by atoms with Crippen molar-refractivity contribution in [2.24, 2.45) is 5.92 Å². The Kier molecular flexibility index (Phi) is 4.57. The molecule has 0 bridgehead atoms. The van der Waals surface area contributed by atoms with Crippen molar-refractivity contribution in [3.63, 3.8) is 0 Å². The molecule has 20 heavy (non-hydrogen) atoms. The highest BCUT2D eigenvalue weighted by Crippen LogP contribution is 2.25. The van der Waals surface area contributed by atoms with Crippen molar-refractivity contribution < 1.29 is 4.79 Å². The number of hydrogen-bond donors (Lipinski definition) is 0. The van der Waals surface area contributed by atoms with Crippen LogP contribution in [-0.4, -0.2) is 20.5 Å². The van der Waals surface area contributed by atoms with Crippen molar-refractivity contribution in [3.8, 4) is 0 Å². The molecule has 0 aliphatic heterocycles. The van der Waals surface area contributed by atoms with Crippen LogP contribution < -0.4 is 0 Å². The first-order valence-electron chi connectivity index (χ1n) is 6.05. The largest absolute Gasteiger partial charge is 0.292 e. The highest BCUT2D eigenvalue weighted by atomic mass is 35.5. The van der Waals surface area contributed by atoms with Crippen LogP contribution in [0.3, 0.4) is 0 Å². The van der Waals surface area contributed by atoms with Crippen molar-refractivity contribution in [1.82, 2.24) is 14.8 Å². The van der Waals surface area contributed by atoms with Crippen LogP contribution in [-0.2, 0) is 4.79 Å². The van der Waals surface area contributed by atoms with Crippen LogP contribution in [0.4, 0.5) is 0 Å². The summed E-state index contributed by atoms with van der Waals surface area (Å²) in [6.07, 6.45) is 4.55. The van der Waals surface area contributed by atoms with E-state index >= 15 is 0 Å². The summed E-state index contributed by atoms with van der Waals surface area (Å²) < 4.78 is 1.44. The Morgan fingerprint density at radius 1 is 1.35 bits per heavy atom. The minimum Gasteiger partial charge on any atom is -0.292 e. The number of carbonyl (C=O) groups is 1. The maximum Gasteiger partial charge on any atom is 0.183 e. The Labute approximate surface area is 127 Å². The molecule has 0 aliphatic carbocycles. The summed E-state index contributed by atoms with van der Waals surface area (Å²) in [5.74, 6) is -0.196. The second kappa shape index (κ2) is 6.20. The van der Waals surface area contributed by atoms with Gasteiger partial charge >= 0.3 is 0 Å². The Balaban J connectivity index is 2.51. The number of carbonyl (C=O) groups excluding carboxylic acids is 1. The third-order valence-electron chi connectivity index (χ3n) is 2.70. The summed E-state index contributed by atoms with van der Waals surface area (Å²) in [5.41, 5.74) is 1.12. The Morgan fingerprint density at radius 3 is 2.65 bits per heavy atom. The van der Waals surface area contributed by atoms with Gasteiger partial charge in [-0.05, 0) is 23.8 Å². The Morgan fingerprint density at radius 2 is 2.10 bits per heavy atom. The number of rotatable bonds is 4. The van der Waals surface area contributed by atoms with Gasteiger partial charge in [0.05, 0.1) is 0 Å². The van der Waals surface area contributed by atoms with E-state index in [1.165, 1.54) is 17.3 Å². The summed E-state index contributed by atoms with van der Waals surface area (Å²) in [5, 5.41) is 5.04. The van der Waals surface area contributed by atoms with Gasteiger partial charge in [0.1, 0.15) is 18.4 Å². The third-order valence-corrected chi connectivity index (χ3v) is 3.26. The lowest BCUT2D eigenvalue weighted by Gasteiger charge is -2.09. The fourth-order valence-corrected chi connectivity index (χ4v) is 2.11. The van der Waals surface area contributed by atoms with Crippen LogP contribution in [0.1, 0.15) is 19.4 Å². The van der Waals surface area contributed by atoms with E-state index in [9.17, 15) is 4.79 Å². The van der Waals surface area contributed by atoms with E-state index in [-0.39, 0.29) is 11.7 Å². The van der Waals surface area contributed by atoms with E-state index in [1.807, 2.05) is 13.8 Å². The summed E-state index contributed by atoms with van der Waals surface area (Å²) >= 11 is 12.0. The lowest BCUT2D eigenvalue weighted by molar-refractivity contribution is -0.116. The molecular formula is C14H13Cl2N3O. The van der Waals surface area contributed by atoms with Gasteiger partial charge in [-0.2, -0.15) is 5.10 Å². The Hall–Kier alpha value is -1.65. The molecule has 0 aliphatic rings. The van der Waals surface area contributed by atoms with Gasteiger partial charge in [0.2, 0.25) is 0 Å². The van der Waals surface area contributed by atoms with Crippen molar-refractivity contribution >= 4 is 40.8 Å². The van der Waals surface area contributed by atoms with Crippen molar-refractivity contribution in [2.45, 2.75) is 13.8 Å². The highest BCUT2D eigenvalue weighted by Gasteiger charge is 2.17. The van der Waals surface area contributed by atoms with Gasteiger partial charge in [0.15, 0.2) is 5.78 Å². The fourth-order valence-electron chi connectivity index (χ4n) is 1.64. The predicted molar refractivity (Wildman–Crippen MR) is 80.5 cm³/mol. The molecule has 0 fully saturated rings. The smallest absolute Gasteiger partial charge is 0.183 e. The van der Waals surface area contributed by atoms with Crippen LogP contribution in [0.25, 0.3) is 11.8 Å². The lowest BCUT2D eigenvalue weighted by atomic mass is 10.0. The number of Topliss-reactive ketones (excluding diaryl/α,β-unsaturated/α-hetero) is 1. The normalized spacial score (nSPS) is 11.9. The average Bonchev–Trinajstić information content (AvgIpc) is 2.90. The number of nitrogens with zero attached hydrogens (tertiary/aromatic N) is 3. The lowest BCUT2D eigenvalue weighted by Crippen LogP contribution is -2.15. The zero-order valence-electron chi connectivity index (χ0n) is 11.0. The molecule has 0 saturated carbocycles. The summed E-state index contributed by atoms with van der Waals surface area (Å²) in [7, 11) is 0. The van der Waals surface area contributed by atoms with Gasteiger partial charge < -0.3 is 0 Å². The molecule has 0 atom stereocenters. The molecule has 2 rings (SSSR count). The van der Waals surface area contributed by atoms with Crippen LogP contribution >= 0.6 is 23.2 Å². The SMILES string of the molecule is CC(C)C(=O)/C(=C\c1ccc(Cl)cc1Cl)n1cncn1. The molecule has 4 nitrogen and oxygen atoms in total. The number of aromatic nitrogens is 3. The number of halogens is 2. The van der Waals surface area contributed by atoms with E-state index in [2.05, 4.69) is 10.1 Å². The molecule has 2 aromatic rings. The quantitative estimate of drug-likeness (QED) is 0.807. The molecule has 1 aromatic carbocycles. The zero-order valence-corrected chi connectivity index (χ0v) is 12.6.